The largest absolute Gasteiger partial charge is 0.230 e. The number of hydrogen-bond donors (Lipinski definition) is 1. The van der Waals surface area contributed by atoms with E-state index in [-0.39, 0.29) is 0 Å². The van der Waals surface area contributed by atoms with Crippen LogP contribution in [0.25, 0.3) is 0 Å². The predicted octanol–water partition coefficient (Wildman–Crippen LogP) is 3.83. The fourth-order valence-corrected chi connectivity index (χ4v) is 7.84. The topological polar surface area (TPSA) is 12.0 Å². The molecule has 1 unspecified atom stereocenters. The molecule has 0 amide bonds. The van der Waals surface area contributed by atoms with Gasteiger partial charge in [0.1, 0.15) is 0 Å². The van der Waals surface area contributed by atoms with E-state index < -0.39 is 0 Å². The summed E-state index contributed by atoms with van der Waals surface area (Å²) in [5.74, 6) is 7.76. The van der Waals surface area contributed by atoms with Gasteiger partial charge >= 0.3 is 0 Å². The third-order valence-electron chi connectivity index (χ3n) is 8.13. The van der Waals surface area contributed by atoms with Gasteiger partial charge in [0.25, 0.3) is 0 Å². The zero-order valence-corrected chi connectivity index (χ0v) is 12.0. The normalized spacial score (nSPS) is 64.7. The third kappa shape index (κ3) is 1.08. The van der Waals surface area contributed by atoms with Crippen LogP contribution in [0.4, 0.5) is 0 Å². The molecule has 18 heavy (non-hydrogen) atoms. The molecular weight excluding hydrogens is 242 g/mol. The van der Waals surface area contributed by atoms with Gasteiger partial charge < -0.3 is 0 Å². The van der Waals surface area contributed by atoms with Crippen LogP contribution in [0.3, 0.4) is 0 Å². The van der Waals surface area contributed by atoms with Gasteiger partial charge in [0.2, 0.25) is 0 Å². The second-order valence-electron chi connectivity index (χ2n) is 8.36. The van der Waals surface area contributed by atoms with E-state index in [0.29, 0.717) is 11.5 Å². The van der Waals surface area contributed by atoms with E-state index in [1.807, 2.05) is 0 Å². The summed E-state index contributed by atoms with van der Waals surface area (Å²) in [6.45, 7) is 2.33. The maximum atomic E-state index is 6.00. The Bertz CT molecular complexity index is 332. The minimum atomic E-state index is 0.518. The van der Waals surface area contributed by atoms with Gasteiger partial charge in [-0.1, -0.05) is 0 Å². The van der Waals surface area contributed by atoms with Crippen molar-refractivity contribution in [3.05, 3.63) is 0 Å². The number of nitrogens with one attached hydrogen (secondary N) is 1. The van der Waals surface area contributed by atoms with E-state index in [4.69, 9.17) is 11.8 Å². The molecule has 1 N–H and O–H groups in total. The van der Waals surface area contributed by atoms with Crippen molar-refractivity contribution in [2.45, 2.75) is 51.5 Å². The van der Waals surface area contributed by atoms with Crippen molar-refractivity contribution in [1.29, 1.82) is 0 Å². The Morgan fingerprint density at radius 2 is 1.33 bits per heavy atom. The highest BCUT2D eigenvalue weighted by atomic mass is 35.5. The van der Waals surface area contributed by atoms with E-state index in [1.165, 1.54) is 19.3 Å². The summed E-state index contributed by atoms with van der Waals surface area (Å²) in [4.78, 5) is 3.09. The lowest BCUT2D eigenvalue weighted by molar-refractivity contribution is -0.237. The zero-order chi connectivity index (χ0) is 12.1. The van der Waals surface area contributed by atoms with E-state index in [2.05, 4.69) is 11.8 Å². The van der Waals surface area contributed by atoms with Gasteiger partial charge in [-0.15, -0.1) is 0 Å². The standard InChI is InChI=1S/C16H24ClN/c1-8(18-17)16-5-13-10-2-9-3-11(13)15(7-16)12(4-9)14(10)6-16/h8-15,18H,2-7H2,1H3. The van der Waals surface area contributed by atoms with Crippen LogP contribution in [0.1, 0.15) is 45.4 Å². The summed E-state index contributed by atoms with van der Waals surface area (Å²) in [6.07, 6.45) is 9.26. The molecule has 0 spiro atoms. The predicted molar refractivity (Wildman–Crippen MR) is 73.0 cm³/mol. The molecule has 1 nitrogen and oxygen atoms in total. The van der Waals surface area contributed by atoms with E-state index >= 15 is 0 Å². The zero-order valence-electron chi connectivity index (χ0n) is 11.2. The molecule has 7 aliphatic carbocycles. The molecule has 2 heteroatoms. The van der Waals surface area contributed by atoms with Crippen molar-refractivity contribution in [2.75, 3.05) is 0 Å². The fraction of sp³-hybridized carbons (Fsp3) is 1.00. The van der Waals surface area contributed by atoms with Crippen molar-refractivity contribution in [2.24, 2.45) is 46.8 Å². The summed E-state index contributed by atoms with van der Waals surface area (Å²) < 4.78 is 0. The molecule has 8 bridgehead atoms. The van der Waals surface area contributed by atoms with Crippen LogP contribution in [-0.2, 0) is 0 Å². The van der Waals surface area contributed by atoms with Crippen LogP contribution in [-0.4, -0.2) is 6.04 Å². The summed E-state index contributed by atoms with van der Waals surface area (Å²) in [7, 11) is 0. The van der Waals surface area contributed by atoms with Crippen LogP contribution < -0.4 is 4.84 Å². The highest BCUT2D eigenvalue weighted by Crippen LogP contribution is 2.74. The molecule has 7 fully saturated rings. The second kappa shape index (κ2) is 3.28. The van der Waals surface area contributed by atoms with Gasteiger partial charge in [-0.25, -0.2) is 4.84 Å². The van der Waals surface area contributed by atoms with Gasteiger partial charge in [0.05, 0.1) is 0 Å². The third-order valence-corrected chi connectivity index (χ3v) is 8.45. The Labute approximate surface area is 115 Å². The number of halogens is 1. The summed E-state index contributed by atoms with van der Waals surface area (Å²) in [5, 5.41) is 0. The van der Waals surface area contributed by atoms with E-state index in [1.54, 1.807) is 19.3 Å². The smallest absolute Gasteiger partial charge is 0.0249 e. The Morgan fingerprint density at radius 1 is 0.889 bits per heavy atom. The molecule has 7 saturated carbocycles. The molecular formula is C16H24ClN. The summed E-state index contributed by atoms with van der Waals surface area (Å²) in [6, 6.07) is 0.518. The van der Waals surface area contributed by atoms with Gasteiger partial charge in [-0.05, 0) is 104 Å². The van der Waals surface area contributed by atoms with E-state index in [9.17, 15) is 0 Å². The molecule has 0 aliphatic heterocycles. The van der Waals surface area contributed by atoms with Crippen molar-refractivity contribution >= 4 is 11.8 Å². The Hall–Kier alpha value is 0.250. The highest BCUT2D eigenvalue weighted by molar-refractivity contribution is 6.13. The molecule has 0 aromatic carbocycles. The fourth-order valence-electron chi connectivity index (χ4n) is 7.61. The van der Waals surface area contributed by atoms with Crippen molar-refractivity contribution in [3.63, 3.8) is 0 Å². The SMILES string of the molecule is CC(NCl)C12CC3C4CC5CC3C(C1)C(C5)C4C2. The molecule has 0 radical (unpaired) electrons. The number of hydrogen-bond acceptors (Lipinski definition) is 1. The van der Waals surface area contributed by atoms with Gasteiger partial charge in [-0.3, -0.25) is 0 Å². The van der Waals surface area contributed by atoms with Crippen LogP contribution in [0.2, 0.25) is 0 Å². The summed E-state index contributed by atoms with van der Waals surface area (Å²) in [5.41, 5.74) is 0.565. The van der Waals surface area contributed by atoms with Crippen molar-refractivity contribution in [1.82, 2.24) is 4.84 Å². The van der Waals surface area contributed by atoms with Gasteiger partial charge in [-0.2, -0.15) is 0 Å². The van der Waals surface area contributed by atoms with E-state index in [0.717, 1.165) is 41.4 Å². The first-order chi connectivity index (χ1) is 8.72. The van der Waals surface area contributed by atoms with Crippen LogP contribution in [0.15, 0.2) is 0 Å². The Morgan fingerprint density at radius 3 is 1.72 bits per heavy atom. The first-order valence-electron chi connectivity index (χ1n) is 8.08. The van der Waals surface area contributed by atoms with Crippen molar-refractivity contribution < 1.29 is 0 Å². The lowest BCUT2D eigenvalue weighted by Crippen LogP contribution is -2.67. The molecule has 100 valence electrons. The lowest BCUT2D eigenvalue weighted by Gasteiger charge is -2.73. The Kier molecular flexibility index (Phi) is 2.00. The summed E-state index contributed by atoms with van der Waals surface area (Å²) >= 11 is 6.00. The first-order valence-corrected chi connectivity index (χ1v) is 8.46. The molecule has 0 aromatic rings. The van der Waals surface area contributed by atoms with Crippen LogP contribution in [0.5, 0.6) is 0 Å². The van der Waals surface area contributed by atoms with Gasteiger partial charge in [0.15, 0.2) is 0 Å². The monoisotopic (exact) mass is 265 g/mol. The second-order valence-corrected chi connectivity index (χ2v) is 8.58. The van der Waals surface area contributed by atoms with Crippen LogP contribution in [0, 0.1) is 46.8 Å². The first kappa shape index (κ1) is 11.0. The number of rotatable bonds is 2. The lowest BCUT2D eigenvalue weighted by atomic mass is 9.32. The van der Waals surface area contributed by atoms with Crippen molar-refractivity contribution in [3.8, 4) is 0 Å². The van der Waals surface area contributed by atoms with Crippen LogP contribution >= 0.6 is 11.8 Å². The van der Waals surface area contributed by atoms with Gasteiger partial charge in [0, 0.05) is 6.04 Å². The molecule has 0 heterocycles. The Balaban J connectivity index is 1.59. The molecule has 7 aliphatic rings. The minimum absolute atomic E-state index is 0.518. The quantitative estimate of drug-likeness (QED) is 0.749. The molecule has 0 aromatic heterocycles. The maximum Gasteiger partial charge on any atom is 0.0249 e. The molecule has 1 atom stereocenters. The maximum absolute atomic E-state index is 6.00. The minimum Gasteiger partial charge on any atom is -0.230 e. The average molecular weight is 266 g/mol. The molecule has 7 rings (SSSR count). The molecule has 0 saturated heterocycles. The average Bonchev–Trinajstić information content (AvgIpc) is 2.42. The highest BCUT2D eigenvalue weighted by Gasteiger charge is 2.67.